The number of hydrogen-bond donors (Lipinski definition) is 1. The minimum atomic E-state index is -0.995. The van der Waals surface area contributed by atoms with Crippen LogP contribution in [0, 0.1) is 5.41 Å². The van der Waals surface area contributed by atoms with Crippen molar-refractivity contribution in [3.05, 3.63) is 0 Å². The summed E-state index contributed by atoms with van der Waals surface area (Å²) in [5.41, 5.74) is 0.185. The Morgan fingerprint density at radius 2 is 1.73 bits per heavy atom. The third-order valence-corrected chi connectivity index (χ3v) is 4.11. The molecule has 11 heavy (non-hydrogen) atoms. The van der Waals surface area contributed by atoms with Gasteiger partial charge >= 0.3 is 0 Å². The Labute approximate surface area is 71.8 Å². The minimum Gasteiger partial charge on any atom is -0.396 e. The fourth-order valence-electron chi connectivity index (χ4n) is 1.57. The maximum Gasteiger partial charge on any atom is 0.0481 e. The van der Waals surface area contributed by atoms with Gasteiger partial charge in [-0.1, -0.05) is 39.5 Å². The molecule has 0 amide bonds. The van der Waals surface area contributed by atoms with Crippen molar-refractivity contribution < 1.29 is 5.11 Å². The van der Waals surface area contributed by atoms with E-state index in [1.165, 1.54) is 6.04 Å². The molecule has 0 spiro atoms. The highest BCUT2D eigenvalue weighted by Crippen LogP contribution is 2.31. The van der Waals surface area contributed by atoms with Crippen LogP contribution in [-0.2, 0) is 0 Å². The molecule has 0 aromatic rings. The van der Waals surface area contributed by atoms with Gasteiger partial charge in [0.2, 0.25) is 0 Å². The summed E-state index contributed by atoms with van der Waals surface area (Å²) in [5, 5.41) is 9.17. The van der Waals surface area contributed by atoms with E-state index in [9.17, 15) is 5.11 Å². The van der Waals surface area contributed by atoms with Crippen LogP contribution in [0.3, 0.4) is 0 Å². The van der Waals surface area contributed by atoms with Crippen molar-refractivity contribution in [2.75, 3.05) is 6.61 Å². The Bertz CT molecular complexity index is 111. The maximum atomic E-state index is 9.17. The van der Waals surface area contributed by atoms with Crippen LogP contribution in [0.2, 0.25) is 25.7 Å². The molecule has 0 saturated heterocycles. The van der Waals surface area contributed by atoms with Gasteiger partial charge in [0.25, 0.3) is 0 Å². The van der Waals surface area contributed by atoms with Crippen molar-refractivity contribution in [2.45, 2.75) is 46.0 Å². The van der Waals surface area contributed by atoms with Gasteiger partial charge < -0.3 is 5.11 Å². The summed E-state index contributed by atoms with van der Waals surface area (Å²) in [6.07, 6.45) is 1.09. The first kappa shape index (κ1) is 11.2. The first-order valence-electron chi connectivity index (χ1n) is 4.44. The summed E-state index contributed by atoms with van der Waals surface area (Å²) in [7, 11) is -0.995. The topological polar surface area (TPSA) is 20.2 Å². The van der Waals surface area contributed by atoms with E-state index in [-0.39, 0.29) is 5.41 Å². The largest absolute Gasteiger partial charge is 0.396 e. The summed E-state index contributed by atoms with van der Waals surface area (Å²) in [6, 6.07) is 1.23. The zero-order valence-corrected chi connectivity index (χ0v) is 9.57. The van der Waals surface area contributed by atoms with Crippen LogP contribution in [0.1, 0.15) is 20.3 Å². The molecule has 0 aliphatic carbocycles. The lowest BCUT2D eigenvalue weighted by Crippen LogP contribution is -2.32. The van der Waals surface area contributed by atoms with Crippen LogP contribution >= 0.6 is 0 Å². The first-order chi connectivity index (χ1) is 4.83. The van der Waals surface area contributed by atoms with Gasteiger partial charge in [-0.3, -0.25) is 0 Å². The lowest BCUT2D eigenvalue weighted by molar-refractivity contribution is 0.154. The summed E-state index contributed by atoms with van der Waals surface area (Å²) in [5.74, 6) is 0. The highest BCUT2D eigenvalue weighted by molar-refractivity contribution is 6.76. The van der Waals surface area contributed by atoms with E-state index in [4.69, 9.17) is 0 Å². The van der Waals surface area contributed by atoms with Gasteiger partial charge in [-0.25, -0.2) is 0 Å². The third kappa shape index (κ3) is 4.59. The zero-order valence-electron chi connectivity index (χ0n) is 8.57. The van der Waals surface area contributed by atoms with E-state index in [1.54, 1.807) is 0 Å². The first-order valence-corrected chi connectivity index (χ1v) is 8.14. The Hall–Kier alpha value is 0.177. The molecule has 1 atom stereocenters. The second kappa shape index (κ2) is 3.72. The van der Waals surface area contributed by atoms with Crippen molar-refractivity contribution in [2.24, 2.45) is 5.41 Å². The van der Waals surface area contributed by atoms with Crippen LogP contribution in [0.5, 0.6) is 0 Å². The molecule has 0 heterocycles. The Morgan fingerprint density at radius 3 is 1.82 bits per heavy atom. The lowest BCUT2D eigenvalue weighted by Gasteiger charge is -2.32. The van der Waals surface area contributed by atoms with Gasteiger partial charge in [0.1, 0.15) is 0 Å². The lowest BCUT2D eigenvalue weighted by atomic mass is 9.91. The van der Waals surface area contributed by atoms with Crippen molar-refractivity contribution in [3.63, 3.8) is 0 Å². The van der Waals surface area contributed by atoms with Crippen molar-refractivity contribution in [1.82, 2.24) is 0 Å². The van der Waals surface area contributed by atoms with Crippen molar-refractivity contribution in [3.8, 4) is 0 Å². The van der Waals surface area contributed by atoms with E-state index in [1.807, 2.05) is 0 Å². The molecular weight excluding hydrogens is 152 g/mol. The smallest absolute Gasteiger partial charge is 0.0481 e. The van der Waals surface area contributed by atoms with Gasteiger partial charge in [-0.05, 0) is 11.8 Å². The summed E-state index contributed by atoms with van der Waals surface area (Å²) < 4.78 is 0. The molecule has 0 aliphatic heterocycles. The highest BCUT2D eigenvalue weighted by Gasteiger charge is 2.28. The third-order valence-electron chi connectivity index (χ3n) is 2.19. The van der Waals surface area contributed by atoms with Gasteiger partial charge in [0, 0.05) is 14.7 Å². The summed E-state index contributed by atoms with van der Waals surface area (Å²) >= 11 is 0. The second-order valence-corrected chi connectivity index (χ2v) is 10.5. The fourth-order valence-corrected chi connectivity index (χ4v) is 4.50. The summed E-state index contributed by atoms with van der Waals surface area (Å²) in [6.45, 7) is 11.8. The molecule has 0 saturated carbocycles. The van der Waals surface area contributed by atoms with Crippen molar-refractivity contribution in [1.29, 1.82) is 0 Å². The molecule has 1 N–H and O–H groups in total. The number of aliphatic hydroxyl groups excluding tert-OH is 1. The second-order valence-electron chi connectivity index (χ2n) is 5.06. The average Bonchev–Trinajstić information content (AvgIpc) is 1.84. The monoisotopic (exact) mass is 174 g/mol. The molecule has 0 aromatic heterocycles. The zero-order chi connectivity index (χ0) is 9.12. The van der Waals surface area contributed by atoms with Gasteiger partial charge in [-0.2, -0.15) is 0 Å². The van der Waals surface area contributed by atoms with Gasteiger partial charge in [0.15, 0.2) is 0 Å². The molecule has 0 fully saturated rings. The number of hydrogen-bond acceptors (Lipinski definition) is 1. The van der Waals surface area contributed by atoms with E-state index < -0.39 is 8.07 Å². The Kier molecular flexibility index (Phi) is 3.78. The van der Waals surface area contributed by atoms with Crippen LogP contribution in [-0.4, -0.2) is 19.8 Å². The molecule has 0 aliphatic rings. The predicted octanol–water partition coefficient (Wildman–Crippen LogP) is 2.73. The number of aliphatic hydroxyl groups is 1. The normalized spacial score (nSPS) is 18.0. The molecule has 1 nitrogen and oxygen atoms in total. The molecular formula is C9H22OSi. The average molecular weight is 174 g/mol. The van der Waals surface area contributed by atoms with E-state index in [2.05, 4.69) is 33.5 Å². The maximum absolute atomic E-state index is 9.17. The van der Waals surface area contributed by atoms with Crippen LogP contribution in [0.4, 0.5) is 0 Å². The molecule has 68 valence electrons. The SMILES string of the molecule is CCC(C)(CO)C[Si](C)(C)C. The van der Waals surface area contributed by atoms with Crippen LogP contribution in [0.25, 0.3) is 0 Å². The van der Waals surface area contributed by atoms with Crippen molar-refractivity contribution >= 4 is 8.07 Å². The van der Waals surface area contributed by atoms with E-state index in [0.717, 1.165) is 6.42 Å². The highest BCUT2D eigenvalue weighted by atomic mass is 28.3. The predicted molar refractivity (Wildman–Crippen MR) is 53.6 cm³/mol. The fraction of sp³-hybridized carbons (Fsp3) is 1.00. The quantitative estimate of drug-likeness (QED) is 0.650. The molecule has 2 heteroatoms. The molecule has 0 bridgehead atoms. The van der Waals surface area contributed by atoms with Crippen LogP contribution < -0.4 is 0 Å². The number of rotatable bonds is 4. The molecule has 1 unspecified atom stereocenters. The molecule has 0 radical (unpaired) electrons. The molecule has 0 rings (SSSR count). The standard InChI is InChI=1S/C9H22OSi/c1-6-9(2,7-10)8-11(3,4)5/h10H,6-8H2,1-5H3. The van der Waals surface area contributed by atoms with Gasteiger partial charge in [-0.15, -0.1) is 0 Å². The summed E-state index contributed by atoms with van der Waals surface area (Å²) in [4.78, 5) is 0. The van der Waals surface area contributed by atoms with Gasteiger partial charge in [0.05, 0.1) is 0 Å². The Balaban J connectivity index is 4.08. The van der Waals surface area contributed by atoms with E-state index >= 15 is 0 Å². The molecule has 0 aromatic carbocycles. The van der Waals surface area contributed by atoms with E-state index in [0.29, 0.717) is 6.61 Å². The minimum absolute atomic E-state index is 0.185. The Morgan fingerprint density at radius 1 is 1.27 bits per heavy atom. The van der Waals surface area contributed by atoms with Crippen LogP contribution in [0.15, 0.2) is 0 Å².